The molecule has 0 unspecified atom stereocenters. The van der Waals surface area contributed by atoms with Crippen LogP contribution in [-0.4, -0.2) is 40.1 Å². The molecule has 0 spiro atoms. The number of fused-ring (bicyclic) bond motifs is 1. The molecule has 2 aromatic carbocycles. The van der Waals surface area contributed by atoms with E-state index in [9.17, 15) is 0 Å². The van der Waals surface area contributed by atoms with Gasteiger partial charge in [0.25, 0.3) is 0 Å². The molecule has 158 valence electrons. The lowest BCUT2D eigenvalue weighted by Crippen LogP contribution is -2.34. The molecule has 0 bridgehead atoms. The number of nitrogens with one attached hydrogen (secondary N) is 1. The Hall–Kier alpha value is -3.38. The summed E-state index contributed by atoms with van der Waals surface area (Å²) in [5, 5.41) is 1.26. The average molecular weight is 414 g/mol. The van der Waals surface area contributed by atoms with Crippen molar-refractivity contribution in [1.29, 1.82) is 0 Å². The first-order chi connectivity index (χ1) is 15.2. The van der Waals surface area contributed by atoms with Gasteiger partial charge in [-0.05, 0) is 66.2 Å². The second-order valence-electron chi connectivity index (χ2n) is 8.23. The molecular weight excluding hydrogens is 386 g/mol. The first-order valence-electron chi connectivity index (χ1n) is 10.7. The summed E-state index contributed by atoms with van der Waals surface area (Å²) >= 11 is 0. The van der Waals surface area contributed by atoms with Crippen LogP contribution in [0.5, 0.6) is 5.75 Å². The van der Waals surface area contributed by atoms with Gasteiger partial charge in [-0.2, -0.15) is 0 Å². The SMILES string of the molecule is COc1ccc(-c2cnc(N)nc2[C@@H]2CCCN(Cc3ccc4[nH]ccc4c3)C2)cc1. The smallest absolute Gasteiger partial charge is 0.220 e. The molecule has 6 heteroatoms. The summed E-state index contributed by atoms with van der Waals surface area (Å²) in [5.74, 6) is 1.50. The predicted molar refractivity (Wildman–Crippen MR) is 124 cm³/mol. The number of H-pyrrole nitrogens is 1. The first-order valence-corrected chi connectivity index (χ1v) is 10.7. The molecule has 1 aliphatic heterocycles. The predicted octanol–water partition coefficient (Wildman–Crippen LogP) is 4.60. The second kappa shape index (κ2) is 8.40. The quantitative estimate of drug-likeness (QED) is 0.500. The minimum absolute atomic E-state index is 0.326. The zero-order valence-corrected chi connectivity index (χ0v) is 17.7. The summed E-state index contributed by atoms with van der Waals surface area (Å²) < 4.78 is 5.30. The molecule has 6 nitrogen and oxygen atoms in total. The minimum Gasteiger partial charge on any atom is -0.497 e. The number of anilines is 1. The van der Waals surface area contributed by atoms with Gasteiger partial charge in [0.1, 0.15) is 5.75 Å². The van der Waals surface area contributed by atoms with E-state index in [0.717, 1.165) is 55.0 Å². The van der Waals surface area contributed by atoms with E-state index >= 15 is 0 Å². The van der Waals surface area contributed by atoms with Crippen LogP contribution in [0.15, 0.2) is 60.9 Å². The van der Waals surface area contributed by atoms with Gasteiger partial charge >= 0.3 is 0 Å². The maximum absolute atomic E-state index is 6.00. The summed E-state index contributed by atoms with van der Waals surface area (Å²) in [6, 6.07) is 16.9. The highest BCUT2D eigenvalue weighted by molar-refractivity contribution is 5.79. The Morgan fingerprint density at radius 2 is 2.03 bits per heavy atom. The van der Waals surface area contributed by atoms with Gasteiger partial charge < -0.3 is 15.5 Å². The molecule has 5 rings (SSSR count). The molecule has 3 N–H and O–H groups in total. The second-order valence-corrected chi connectivity index (χ2v) is 8.23. The van der Waals surface area contributed by atoms with Crippen molar-refractivity contribution in [3.05, 3.63) is 72.2 Å². The Balaban J connectivity index is 1.39. The summed E-state index contributed by atoms with van der Waals surface area (Å²) in [4.78, 5) is 14.8. The third-order valence-electron chi connectivity index (χ3n) is 6.15. The van der Waals surface area contributed by atoms with Crippen LogP contribution in [-0.2, 0) is 6.54 Å². The molecule has 0 amide bonds. The lowest BCUT2D eigenvalue weighted by Gasteiger charge is -2.33. The third-order valence-corrected chi connectivity index (χ3v) is 6.15. The maximum Gasteiger partial charge on any atom is 0.220 e. The van der Waals surface area contributed by atoms with E-state index in [-0.39, 0.29) is 0 Å². The molecule has 1 atom stereocenters. The van der Waals surface area contributed by atoms with E-state index < -0.39 is 0 Å². The number of methoxy groups -OCH3 is 1. The highest BCUT2D eigenvalue weighted by Gasteiger charge is 2.25. The van der Waals surface area contributed by atoms with Crippen molar-refractivity contribution in [2.45, 2.75) is 25.3 Å². The van der Waals surface area contributed by atoms with Gasteiger partial charge in [0, 0.05) is 42.5 Å². The number of aromatic nitrogens is 3. The molecule has 4 aromatic rings. The Kier molecular flexibility index (Phi) is 5.30. The average Bonchev–Trinajstić information content (AvgIpc) is 3.27. The summed E-state index contributed by atoms with van der Waals surface area (Å²) in [5.41, 5.74) is 11.7. The van der Waals surface area contributed by atoms with Crippen molar-refractivity contribution in [2.75, 3.05) is 25.9 Å². The van der Waals surface area contributed by atoms with Crippen LogP contribution < -0.4 is 10.5 Å². The monoisotopic (exact) mass is 413 g/mol. The Morgan fingerprint density at radius 3 is 2.87 bits per heavy atom. The zero-order chi connectivity index (χ0) is 21.2. The van der Waals surface area contributed by atoms with Gasteiger partial charge in [0.05, 0.1) is 12.8 Å². The molecular formula is C25H27N5O. The lowest BCUT2D eigenvalue weighted by atomic mass is 9.89. The van der Waals surface area contributed by atoms with Crippen LogP contribution in [0.25, 0.3) is 22.0 Å². The van der Waals surface area contributed by atoms with E-state index in [2.05, 4.69) is 51.3 Å². The summed E-state index contributed by atoms with van der Waals surface area (Å²) in [6.07, 6.45) is 6.10. The van der Waals surface area contributed by atoms with Crippen molar-refractivity contribution in [1.82, 2.24) is 19.9 Å². The van der Waals surface area contributed by atoms with E-state index in [1.54, 1.807) is 7.11 Å². The van der Waals surface area contributed by atoms with Crippen LogP contribution in [0.1, 0.15) is 30.0 Å². The van der Waals surface area contributed by atoms with E-state index in [1.165, 1.54) is 16.5 Å². The number of piperidine rings is 1. The Labute approximate surface area is 182 Å². The minimum atomic E-state index is 0.326. The maximum atomic E-state index is 6.00. The fourth-order valence-electron chi connectivity index (χ4n) is 4.60. The van der Waals surface area contributed by atoms with Crippen LogP contribution >= 0.6 is 0 Å². The van der Waals surface area contributed by atoms with Gasteiger partial charge in [-0.25, -0.2) is 9.97 Å². The molecule has 0 radical (unpaired) electrons. The van der Waals surface area contributed by atoms with Crippen molar-refractivity contribution in [2.24, 2.45) is 0 Å². The molecule has 1 fully saturated rings. The first kappa shape index (κ1) is 19.6. The fraction of sp³-hybridized carbons (Fsp3) is 0.280. The highest BCUT2D eigenvalue weighted by Crippen LogP contribution is 2.34. The number of hydrogen-bond donors (Lipinski definition) is 2. The van der Waals surface area contributed by atoms with Gasteiger partial charge in [0.2, 0.25) is 5.95 Å². The van der Waals surface area contributed by atoms with Crippen LogP contribution in [0.4, 0.5) is 5.95 Å². The van der Waals surface area contributed by atoms with Crippen LogP contribution in [0.2, 0.25) is 0 Å². The van der Waals surface area contributed by atoms with Gasteiger partial charge in [-0.15, -0.1) is 0 Å². The molecule has 0 aliphatic carbocycles. The number of ether oxygens (including phenoxy) is 1. The number of nitrogens with zero attached hydrogens (tertiary/aromatic N) is 3. The van der Waals surface area contributed by atoms with Gasteiger partial charge in [-0.1, -0.05) is 18.2 Å². The normalized spacial score (nSPS) is 17.1. The number of nitrogens with two attached hydrogens (primary N) is 1. The summed E-state index contributed by atoms with van der Waals surface area (Å²) in [7, 11) is 1.68. The highest BCUT2D eigenvalue weighted by atomic mass is 16.5. The van der Waals surface area contributed by atoms with E-state index in [1.807, 2.05) is 24.5 Å². The largest absolute Gasteiger partial charge is 0.497 e. The van der Waals surface area contributed by atoms with Crippen LogP contribution in [0.3, 0.4) is 0 Å². The van der Waals surface area contributed by atoms with Gasteiger partial charge in [0.15, 0.2) is 0 Å². The number of rotatable bonds is 5. The lowest BCUT2D eigenvalue weighted by molar-refractivity contribution is 0.199. The zero-order valence-electron chi connectivity index (χ0n) is 17.7. The number of benzene rings is 2. The number of likely N-dealkylation sites (tertiary alicyclic amines) is 1. The topological polar surface area (TPSA) is 80.1 Å². The number of hydrogen-bond acceptors (Lipinski definition) is 5. The molecule has 0 saturated carbocycles. The summed E-state index contributed by atoms with van der Waals surface area (Å²) in [6.45, 7) is 3.00. The fourth-order valence-corrected chi connectivity index (χ4v) is 4.60. The van der Waals surface area contributed by atoms with Crippen LogP contribution in [0, 0.1) is 0 Å². The van der Waals surface area contributed by atoms with E-state index in [0.29, 0.717) is 11.9 Å². The van der Waals surface area contributed by atoms with Crippen molar-refractivity contribution in [3.8, 4) is 16.9 Å². The molecule has 2 aromatic heterocycles. The molecule has 3 heterocycles. The van der Waals surface area contributed by atoms with Crippen molar-refractivity contribution in [3.63, 3.8) is 0 Å². The van der Waals surface area contributed by atoms with E-state index in [4.69, 9.17) is 15.5 Å². The third kappa shape index (κ3) is 4.11. The number of nitrogen functional groups attached to an aromatic ring is 1. The van der Waals surface area contributed by atoms with Crippen molar-refractivity contribution >= 4 is 16.9 Å². The van der Waals surface area contributed by atoms with Crippen molar-refractivity contribution < 1.29 is 4.74 Å². The molecule has 1 aliphatic rings. The number of aromatic amines is 1. The molecule has 31 heavy (non-hydrogen) atoms. The Morgan fingerprint density at radius 1 is 1.16 bits per heavy atom. The standard InChI is InChI=1S/C25H27N5O/c1-31-21-7-5-18(6-8-21)22-14-28-25(26)29-24(22)20-3-2-12-30(16-20)15-17-4-9-23-19(13-17)10-11-27-23/h4-11,13-14,20,27H,2-3,12,15-16H2,1H3,(H2,26,28,29)/t20-/m1/s1. The molecule has 1 saturated heterocycles. The Bertz CT molecular complexity index is 1180. The van der Waals surface area contributed by atoms with Gasteiger partial charge in [-0.3, -0.25) is 4.90 Å².